The molecule has 0 spiro atoms. The maximum absolute atomic E-state index is 14.2. The van der Waals surface area contributed by atoms with Crippen LogP contribution in [0.1, 0.15) is 10.4 Å². The summed E-state index contributed by atoms with van der Waals surface area (Å²) in [4.78, 5) is 37.1. The van der Waals surface area contributed by atoms with E-state index in [0.29, 0.717) is 36.4 Å². The van der Waals surface area contributed by atoms with Crippen molar-refractivity contribution in [2.45, 2.75) is 6.04 Å². The van der Waals surface area contributed by atoms with Crippen LogP contribution in [0.3, 0.4) is 0 Å². The third kappa shape index (κ3) is 2.89. The Morgan fingerprint density at radius 3 is 2.73 bits per heavy atom. The first-order valence-electron chi connectivity index (χ1n) is 9.68. The van der Waals surface area contributed by atoms with E-state index in [0.717, 1.165) is 6.20 Å². The van der Waals surface area contributed by atoms with Gasteiger partial charge in [-0.05, 0) is 12.1 Å². The summed E-state index contributed by atoms with van der Waals surface area (Å²) < 4.78 is 20.6. The monoisotopic (exact) mass is 409 g/mol. The summed E-state index contributed by atoms with van der Waals surface area (Å²) in [6, 6.07) is 4.68. The minimum absolute atomic E-state index is 0.0296. The highest BCUT2D eigenvalue weighted by atomic mass is 19.1. The fourth-order valence-corrected chi connectivity index (χ4v) is 4.50. The van der Waals surface area contributed by atoms with E-state index in [1.807, 2.05) is 16.8 Å². The number of rotatable bonds is 4. The third-order valence-electron chi connectivity index (χ3n) is 6.13. The van der Waals surface area contributed by atoms with Crippen molar-refractivity contribution in [1.82, 2.24) is 19.4 Å². The molecule has 0 N–H and O–H groups in total. The van der Waals surface area contributed by atoms with Crippen LogP contribution >= 0.6 is 0 Å². The second-order valence-electron chi connectivity index (χ2n) is 7.85. The second-order valence-corrected chi connectivity index (χ2v) is 7.85. The first kappa shape index (κ1) is 18.5. The van der Waals surface area contributed by atoms with Crippen LogP contribution in [0.4, 0.5) is 10.3 Å². The number of amides is 1. The molecule has 0 radical (unpaired) electrons. The van der Waals surface area contributed by atoms with Crippen LogP contribution < -0.4 is 10.5 Å². The molecular formula is C21H20FN5O3. The van der Waals surface area contributed by atoms with Crippen molar-refractivity contribution in [2.24, 2.45) is 18.9 Å². The molecule has 1 amide bonds. The summed E-state index contributed by atoms with van der Waals surface area (Å²) in [5, 5.41) is 0. The maximum atomic E-state index is 14.2. The summed E-state index contributed by atoms with van der Waals surface area (Å²) in [6.07, 6.45) is 5.53. The van der Waals surface area contributed by atoms with E-state index >= 15 is 0 Å². The Morgan fingerprint density at radius 2 is 2.07 bits per heavy atom. The zero-order valence-electron chi connectivity index (χ0n) is 16.5. The second kappa shape index (κ2) is 6.79. The molecule has 2 aliphatic rings. The smallest absolute Gasteiger partial charge is 0.257 e. The van der Waals surface area contributed by atoms with Crippen LogP contribution in [-0.2, 0) is 7.05 Å². The van der Waals surface area contributed by atoms with Gasteiger partial charge in [-0.25, -0.2) is 9.37 Å². The fraction of sp³-hybridized carbons (Fsp3) is 0.333. The summed E-state index contributed by atoms with van der Waals surface area (Å²) >= 11 is 0. The van der Waals surface area contributed by atoms with E-state index in [9.17, 15) is 14.0 Å². The van der Waals surface area contributed by atoms with Crippen LogP contribution in [0.25, 0.3) is 11.3 Å². The average molecular weight is 409 g/mol. The molecule has 0 aromatic carbocycles. The molecule has 4 heterocycles. The zero-order chi connectivity index (χ0) is 21.0. The number of pyridine rings is 1. The molecule has 154 valence electrons. The number of nitrogens with zero attached hydrogens (tertiary/aromatic N) is 5. The summed E-state index contributed by atoms with van der Waals surface area (Å²) in [5.41, 5.74) is 0.811. The van der Waals surface area contributed by atoms with Crippen LogP contribution in [0, 0.1) is 17.7 Å². The van der Waals surface area contributed by atoms with E-state index in [1.54, 1.807) is 13.1 Å². The average Bonchev–Trinajstić information content (AvgIpc) is 3.11. The van der Waals surface area contributed by atoms with Gasteiger partial charge in [-0.15, -0.1) is 0 Å². The lowest BCUT2D eigenvalue weighted by Crippen LogP contribution is -2.38. The Hall–Kier alpha value is -3.49. The lowest BCUT2D eigenvalue weighted by atomic mass is 10.2. The molecule has 30 heavy (non-hydrogen) atoms. The van der Waals surface area contributed by atoms with Crippen molar-refractivity contribution in [3.63, 3.8) is 0 Å². The number of hydrogen-bond acceptors (Lipinski definition) is 6. The van der Waals surface area contributed by atoms with Gasteiger partial charge in [-0.1, -0.05) is 0 Å². The number of piperidine rings is 1. The number of hydrogen-bond donors (Lipinski definition) is 0. The Bertz CT molecular complexity index is 1160. The van der Waals surface area contributed by atoms with Gasteiger partial charge < -0.3 is 14.2 Å². The number of likely N-dealkylation sites (tertiary alicyclic amines) is 1. The standard InChI is InChI=1S/C21H20FN5O3/c1-25-18(28)7-17(13-3-5-23-8-16(13)22)24-21(25)26(2)19-14-9-27(10-15(14)19)20(29)12-4-6-30-11-12/h3-8,11,14-15,19H,9-10H2,1-2H3. The van der Waals surface area contributed by atoms with E-state index in [-0.39, 0.29) is 28.8 Å². The molecule has 2 fully saturated rings. The number of carbonyl (C=O) groups is 1. The minimum atomic E-state index is -0.524. The van der Waals surface area contributed by atoms with Gasteiger partial charge in [0.2, 0.25) is 5.95 Å². The van der Waals surface area contributed by atoms with Gasteiger partial charge in [0.15, 0.2) is 5.82 Å². The molecule has 3 aromatic rings. The Labute approximate surface area is 171 Å². The van der Waals surface area contributed by atoms with E-state index in [1.165, 1.54) is 35.4 Å². The number of fused-ring (bicyclic) bond motifs is 1. The SMILES string of the molecule is CN(c1nc(-c2ccncc2F)cc(=O)n1C)C1C2CN(C(=O)c3ccoc3)CC21. The quantitative estimate of drug-likeness (QED) is 0.653. The topological polar surface area (TPSA) is 84.5 Å². The number of halogens is 1. The zero-order valence-corrected chi connectivity index (χ0v) is 16.5. The van der Waals surface area contributed by atoms with Crippen LogP contribution in [0.2, 0.25) is 0 Å². The highest BCUT2D eigenvalue weighted by Gasteiger charge is 2.59. The van der Waals surface area contributed by atoms with Crippen molar-refractivity contribution in [3.8, 4) is 11.3 Å². The summed E-state index contributed by atoms with van der Waals surface area (Å²) in [7, 11) is 3.54. The van der Waals surface area contributed by atoms with Gasteiger partial charge in [0.1, 0.15) is 6.26 Å². The molecular weight excluding hydrogens is 389 g/mol. The van der Waals surface area contributed by atoms with Gasteiger partial charge in [-0.3, -0.25) is 19.1 Å². The van der Waals surface area contributed by atoms with Crippen molar-refractivity contribution in [1.29, 1.82) is 0 Å². The number of anilines is 1. The van der Waals surface area contributed by atoms with E-state index in [4.69, 9.17) is 4.42 Å². The molecule has 3 aromatic heterocycles. The molecule has 2 atom stereocenters. The van der Waals surface area contributed by atoms with Gasteiger partial charge >= 0.3 is 0 Å². The molecule has 1 aliphatic heterocycles. The third-order valence-corrected chi connectivity index (χ3v) is 6.13. The molecule has 1 saturated carbocycles. The summed E-state index contributed by atoms with van der Waals surface area (Å²) in [6.45, 7) is 1.30. The predicted molar refractivity (Wildman–Crippen MR) is 106 cm³/mol. The minimum Gasteiger partial charge on any atom is -0.472 e. The van der Waals surface area contributed by atoms with E-state index < -0.39 is 5.82 Å². The van der Waals surface area contributed by atoms with Gasteiger partial charge in [0, 0.05) is 62.9 Å². The van der Waals surface area contributed by atoms with Crippen LogP contribution in [-0.4, -0.2) is 51.5 Å². The Kier molecular flexibility index (Phi) is 4.19. The van der Waals surface area contributed by atoms with Gasteiger partial charge in [-0.2, -0.15) is 0 Å². The molecule has 8 nitrogen and oxygen atoms in total. The molecule has 9 heteroatoms. The molecule has 5 rings (SSSR count). The lowest BCUT2D eigenvalue weighted by molar-refractivity contribution is 0.0772. The van der Waals surface area contributed by atoms with E-state index in [2.05, 4.69) is 9.97 Å². The normalized spacial score (nSPS) is 22.1. The van der Waals surface area contributed by atoms with Gasteiger partial charge in [0.05, 0.1) is 23.7 Å². The molecule has 0 bridgehead atoms. The van der Waals surface area contributed by atoms with Crippen molar-refractivity contribution in [2.75, 3.05) is 25.0 Å². The van der Waals surface area contributed by atoms with Crippen molar-refractivity contribution >= 4 is 11.9 Å². The largest absolute Gasteiger partial charge is 0.472 e. The van der Waals surface area contributed by atoms with Crippen molar-refractivity contribution < 1.29 is 13.6 Å². The number of furan rings is 1. The van der Waals surface area contributed by atoms with Gasteiger partial charge in [0.25, 0.3) is 11.5 Å². The predicted octanol–water partition coefficient (Wildman–Crippen LogP) is 1.78. The molecule has 1 aliphatic carbocycles. The molecule has 2 unspecified atom stereocenters. The maximum Gasteiger partial charge on any atom is 0.257 e. The number of carbonyl (C=O) groups excluding carboxylic acids is 1. The highest BCUT2D eigenvalue weighted by molar-refractivity contribution is 5.94. The number of aromatic nitrogens is 3. The van der Waals surface area contributed by atoms with Crippen LogP contribution in [0.5, 0.6) is 0 Å². The summed E-state index contributed by atoms with van der Waals surface area (Å²) in [5.74, 6) is 0.538. The Balaban J connectivity index is 1.37. The lowest BCUT2D eigenvalue weighted by Gasteiger charge is -2.26. The first-order chi connectivity index (χ1) is 14.5. The van der Waals surface area contributed by atoms with Crippen molar-refractivity contribution in [3.05, 3.63) is 64.9 Å². The Morgan fingerprint density at radius 1 is 1.30 bits per heavy atom. The highest BCUT2D eigenvalue weighted by Crippen LogP contribution is 2.49. The molecule has 1 saturated heterocycles. The first-order valence-corrected chi connectivity index (χ1v) is 9.68. The fourth-order valence-electron chi connectivity index (χ4n) is 4.50. The van der Waals surface area contributed by atoms with Crippen LogP contribution in [0.15, 0.2) is 52.3 Å².